The van der Waals surface area contributed by atoms with E-state index in [1.165, 1.54) is 23.0 Å². The standard InChI is InChI=1S/C27H26Br2N2O6S/c1-5-7-18-22(26(34)37-6-2)23(17-12-15(28)8-9-19(17)35-3)31-25(33)21(38-27(31)30-18)11-14-10-16(29)13-20(36-4)24(14)32/h8-13,23,32H,5-7H2,1-4H3/b21-11+/t23-/m0/s1. The fourth-order valence-corrected chi connectivity index (χ4v) is 6.18. The Balaban J connectivity index is 2.07. The summed E-state index contributed by atoms with van der Waals surface area (Å²) in [6.45, 7) is 3.91. The Bertz CT molecular complexity index is 1610. The molecule has 2 aromatic carbocycles. The van der Waals surface area contributed by atoms with Gasteiger partial charge in [-0.3, -0.25) is 9.36 Å². The zero-order valence-electron chi connectivity index (χ0n) is 21.2. The number of ether oxygens (including phenoxy) is 3. The lowest BCUT2D eigenvalue weighted by Gasteiger charge is -2.27. The van der Waals surface area contributed by atoms with Crippen molar-refractivity contribution < 1.29 is 24.1 Å². The van der Waals surface area contributed by atoms with E-state index in [1.807, 2.05) is 19.1 Å². The molecule has 0 bridgehead atoms. The summed E-state index contributed by atoms with van der Waals surface area (Å²) >= 11 is 8.11. The van der Waals surface area contributed by atoms with Crippen molar-refractivity contribution in [3.8, 4) is 17.2 Å². The number of methoxy groups -OCH3 is 2. The molecule has 1 aromatic heterocycles. The van der Waals surface area contributed by atoms with Crippen LogP contribution in [0.3, 0.4) is 0 Å². The van der Waals surface area contributed by atoms with E-state index < -0.39 is 12.0 Å². The molecule has 0 radical (unpaired) electrons. The molecule has 0 aliphatic carbocycles. The molecule has 3 aromatic rings. The molecule has 0 saturated carbocycles. The number of benzene rings is 2. The van der Waals surface area contributed by atoms with E-state index in [1.54, 1.807) is 38.3 Å². The number of phenols is 1. The molecule has 0 saturated heterocycles. The zero-order valence-corrected chi connectivity index (χ0v) is 25.2. The molecule has 2 heterocycles. The van der Waals surface area contributed by atoms with Gasteiger partial charge in [-0.2, -0.15) is 0 Å². The smallest absolute Gasteiger partial charge is 0.338 e. The first-order chi connectivity index (χ1) is 18.2. The average molecular weight is 666 g/mol. The van der Waals surface area contributed by atoms with Gasteiger partial charge in [0.1, 0.15) is 11.8 Å². The van der Waals surface area contributed by atoms with Crippen LogP contribution in [0.5, 0.6) is 17.2 Å². The van der Waals surface area contributed by atoms with E-state index in [9.17, 15) is 14.7 Å². The largest absolute Gasteiger partial charge is 0.504 e. The molecule has 38 heavy (non-hydrogen) atoms. The molecule has 1 atom stereocenters. The predicted octanol–water partition coefficient (Wildman–Crippen LogP) is 4.83. The van der Waals surface area contributed by atoms with Gasteiger partial charge < -0.3 is 19.3 Å². The van der Waals surface area contributed by atoms with Crippen molar-refractivity contribution in [2.75, 3.05) is 20.8 Å². The molecule has 1 aliphatic heterocycles. The number of aromatic hydroxyl groups is 1. The van der Waals surface area contributed by atoms with Gasteiger partial charge in [-0.15, -0.1) is 0 Å². The summed E-state index contributed by atoms with van der Waals surface area (Å²) in [4.78, 5) is 32.5. The monoisotopic (exact) mass is 664 g/mol. The minimum Gasteiger partial charge on any atom is -0.504 e. The van der Waals surface area contributed by atoms with Crippen molar-refractivity contribution in [2.24, 2.45) is 4.99 Å². The second kappa shape index (κ2) is 11.9. The van der Waals surface area contributed by atoms with Crippen LogP contribution in [0.4, 0.5) is 0 Å². The Morgan fingerprint density at radius 1 is 1.13 bits per heavy atom. The minimum absolute atomic E-state index is 0.0920. The number of thiazole rings is 1. The summed E-state index contributed by atoms with van der Waals surface area (Å²) in [7, 11) is 3.00. The Morgan fingerprint density at radius 3 is 2.53 bits per heavy atom. The normalized spacial score (nSPS) is 15.2. The van der Waals surface area contributed by atoms with E-state index in [4.69, 9.17) is 19.2 Å². The van der Waals surface area contributed by atoms with Gasteiger partial charge in [-0.05, 0) is 49.8 Å². The third-order valence-electron chi connectivity index (χ3n) is 5.95. The molecule has 0 spiro atoms. The Kier molecular flexibility index (Phi) is 8.79. The molecule has 4 rings (SSSR count). The van der Waals surface area contributed by atoms with Gasteiger partial charge in [0.15, 0.2) is 16.3 Å². The highest BCUT2D eigenvalue weighted by Gasteiger charge is 2.36. The lowest BCUT2D eigenvalue weighted by Crippen LogP contribution is -2.40. The Morgan fingerprint density at radius 2 is 1.87 bits per heavy atom. The van der Waals surface area contributed by atoms with Crippen LogP contribution in [0.15, 0.2) is 60.3 Å². The van der Waals surface area contributed by atoms with Crippen LogP contribution in [0.25, 0.3) is 6.08 Å². The molecule has 0 fully saturated rings. The second-order valence-corrected chi connectivity index (χ2v) is 11.2. The Hall–Kier alpha value is -2.89. The molecule has 0 unspecified atom stereocenters. The molecule has 0 amide bonds. The molecule has 200 valence electrons. The van der Waals surface area contributed by atoms with Crippen LogP contribution < -0.4 is 24.4 Å². The number of esters is 1. The number of hydrogen-bond donors (Lipinski definition) is 1. The number of phenolic OH excluding ortho intramolecular Hbond substituents is 1. The van der Waals surface area contributed by atoms with E-state index in [0.29, 0.717) is 48.4 Å². The fourth-order valence-electron chi connectivity index (χ4n) is 4.34. The van der Waals surface area contributed by atoms with E-state index in [2.05, 4.69) is 31.9 Å². The fraction of sp³-hybridized carbons (Fsp3) is 0.296. The third kappa shape index (κ3) is 5.32. The van der Waals surface area contributed by atoms with Crippen LogP contribution >= 0.6 is 43.2 Å². The van der Waals surface area contributed by atoms with Crippen LogP contribution in [0.1, 0.15) is 43.9 Å². The number of halogens is 2. The lowest BCUT2D eigenvalue weighted by atomic mass is 9.93. The van der Waals surface area contributed by atoms with E-state index in [-0.39, 0.29) is 23.7 Å². The predicted molar refractivity (Wildman–Crippen MR) is 153 cm³/mol. The van der Waals surface area contributed by atoms with Crippen molar-refractivity contribution in [3.05, 3.63) is 81.4 Å². The van der Waals surface area contributed by atoms with Crippen LogP contribution in [0.2, 0.25) is 0 Å². The van der Waals surface area contributed by atoms with Crippen molar-refractivity contribution in [3.63, 3.8) is 0 Å². The van der Waals surface area contributed by atoms with Crippen molar-refractivity contribution in [1.29, 1.82) is 0 Å². The van der Waals surface area contributed by atoms with Gasteiger partial charge in [0.05, 0.1) is 36.6 Å². The van der Waals surface area contributed by atoms with E-state index in [0.717, 1.165) is 10.9 Å². The molecule has 1 N–H and O–H groups in total. The maximum atomic E-state index is 14.0. The number of carbonyl (C=O) groups excluding carboxylic acids is 1. The van der Waals surface area contributed by atoms with Gasteiger partial charge >= 0.3 is 5.97 Å². The summed E-state index contributed by atoms with van der Waals surface area (Å²) in [6.07, 6.45) is 2.86. The van der Waals surface area contributed by atoms with Crippen LogP contribution in [-0.2, 0) is 9.53 Å². The molecule has 8 nitrogen and oxygen atoms in total. The van der Waals surface area contributed by atoms with Crippen LogP contribution in [-0.4, -0.2) is 36.5 Å². The number of carbonyl (C=O) groups is 1. The second-order valence-electron chi connectivity index (χ2n) is 8.35. The SMILES string of the molecule is CCCC1=C(C(=O)OCC)[C@H](c2cc(Br)ccc2OC)n2c(s/c(=C/c3cc(Br)cc(OC)c3O)c2=O)=N1. The van der Waals surface area contributed by atoms with Gasteiger partial charge in [-0.1, -0.05) is 56.5 Å². The summed E-state index contributed by atoms with van der Waals surface area (Å²) in [5.41, 5.74) is 1.52. The highest BCUT2D eigenvalue weighted by atomic mass is 79.9. The number of aromatic nitrogens is 1. The molecule has 11 heteroatoms. The lowest BCUT2D eigenvalue weighted by molar-refractivity contribution is -0.139. The third-order valence-corrected chi connectivity index (χ3v) is 7.89. The summed E-state index contributed by atoms with van der Waals surface area (Å²) < 4.78 is 19.6. The van der Waals surface area contributed by atoms with Crippen molar-refractivity contribution in [1.82, 2.24) is 4.57 Å². The molecular weight excluding hydrogens is 640 g/mol. The van der Waals surface area contributed by atoms with Crippen molar-refractivity contribution in [2.45, 2.75) is 32.7 Å². The van der Waals surface area contributed by atoms with Gasteiger partial charge in [0.2, 0.25) is 0 Å². The maximum absolute atomic E-state index is 14.0. The maximum Gasteiger partial charge on any atom is 0.338 e. The summed E-state index contributed by atoms with van der Waals surface area (Å²) in [6, 6.07) is 7.94. The van der Waals surface area contributed by atoms with Gasteiger partial charge in [0.25, 0.3) is 5.56 Å². The zero-order chi connectivity index (χ0) is 27.6. The van der Waals surface area contributed by atoms with Gasteiger partial charge in [0, 0.05) is 20.1 Å². The number of allylic oxidation sites excluding steroid dienone is 1. The topological polar surface area (TPSA) is 99.4 Å². The van der Waals surface area contributed by atoms with Crippen LogP contribution in [0, 0.1) is 0 Å². The highest BCUT2D eigenvalue weighted by Crippen LogP contribution is 2.38. The summed E-state index contributed by atoms with van der Waals surface area (Å²) in [5.74, 6) is 0.160. The highest BCUT2D eigenvalue weighted by molar-refractivity contribution is 9.10. The first-order valence-corrected chi connectivity index (χ1v) is 14.3. The number of rotatable bonds is 8. The molecule has 1 aliphatic rings. The van der Waals surface area contributed by atoms with E-state index >= 15 is 0 Å². The number of hydrogen-bond acceptors (Lipinski definition) is 8. The quantitative estimate of drug-likeness (QED) is 0.346. The number of nitrogens with zero attached hydrogens (tertiary/aromatic N) is 2. The molecular formula is C27H26Br2N2O6S. The summed E-state index contributed by atoms with van der Waals surface area (Å²) in [5, 5.41) is 10.7. The number of fused-ring (bicyclic) bond motifs is 1. The first kappa shape index (κ1) is 28.1. The Labute approximate surface area is 240 Å². The first-order valence-electron chi connectivity index (χ1n) is 11.9. The average Bonchev–Trinajstić information content (AvgIpc) is 3.19. The van der Waals surface area contributed by atoms with Crippen molar-refractivity contribution >= 4 is 55.2 Å². The van der Waals surface area contributed by atoms with Gasteiger partial charge in [-0.25, -0.2) is 9.79 Å². The minimum atomic E-state index is -0.827.